The predicted molar refractivity (Wildman–Crippen MR) is 75.6 cm³/mol. The highest BCUT2D eigenvalue weighted by atomic mass is 19.1. The zero-order chi connectivity index (χ0) is 16.2. The number of carbonyl (C=O) groups excluding carboxylic acids is 1. The number of alkyl carbamates (subject to hydrolysis) is 1. The minimum Gasteiger partial charge on any atom is -0.480 e. The molecular weight excluding hydrogens is 277 g/mol. The summed E-state index contributed by atoms with van der Waals surface area (Å²) in [5.41, 5.74) is 0.575. The van der Waals surface area contributed by atoms with E-state index in [1.54, 1.807) is 27.7 Å². The van der Waals surface area contributed by atoms with Crippen molar-refractivity contribution in [1.29, 1.82) is 0 Å². The first-order valence-electron chi connectivity index (χ1n) is 6.56. The number of aryl methyl sites for hydroxylation is 1. The SMILES string of the molecule is Cc1cc(F)ccc1CC(NC(=O)OC(C)(C)C)C(=O)O. The van der Waals surface area contributed by atoms with Gasteiger partial charge in [0.25, 0.3) is 0 Å². The topological polar surface area (TPSA) is 75.6 Å². The van der Waals surface area contributed by atoms with Crippen LogP contribution in [0, 0.1) is 12.7 Å². The number of nitrogens with one attached hydrogen (secondary N) is 1. The molecule has 1 unspecified atom stereocenters. The van der Waals surface area contributed by atoms with Gasteiger partial charge in [0.15, 0.2) is 0 Å². The first-order valence-corrected chi connectivity index (χ1v) is 6.56. The molecule has 0 saturated heterocycles. The van der Waals surface area contributed by atoms with Crippen molar-refractivity contribution in [1.82, 2.24) is 5.32 Å². The molecule has 21 heavy (non-hydrogen) atoms. The van der Waals surface area contributed by atoms with E-state index in [0.717, 1.165) is 0 Å². The summed E-state index contributed by atoms with van der Waals surface area (Å²) in [6.45, 7) is 6.75. The van der Waals surface area contributed by atoms with Gasteiger partial charge in [-0.3, -0.25) is 0 Å². The van der Waals surface area contributed by atoms with Crippen LogP contribution in [0.15, 0.2) is 18.2 Å². The molecule has 0 saturated carbocycles. The van der Waals surface area contributed by atoms with Gasteiger partial charge in [-0.15, -0.1) is 0 Å². The summed E-state index contributed by atoms with van der Waals surface area (Å²) in [6, 6.07) is 2.96. The molecule has 0 bridgehead atoms. The molecule has 1 rings (SSSR count). The summed E-state index contributed by atoms with van der Waals surface area (Å²) in [6.07, 6.45) is -0.740. The number of halogens is 1. The summed E-state index contributed by atoms with van der Waals surface area (Å²) in [5.74, 6) is -1.56. The molecule has 6 heteroatoms. The lowest BCUT2D eigenvalue weighted by molar-refractivity contribution is -0.139. The maximum absolute atomic E-state index is 13.0. The number of ether oxygens (including phenoxy) is 1. The highest BCUT2D eigenvalue weighted by Gasteiger charge is 2.24. The van der Waals surface area contributed by atoms with Crippen molar-refractivity contribution in [3.05, 3.63) is 35.1 Å². The lowest BCUT2D eigenvalue weighted by Crippen LogP contribution is -2.44. The molecule has 5 nitrogen and oxygen atoms in total. The third-order valence-electron chi connectivity index (χ3n) is 2.72. The van der Waals surface area contributed by atoms with Crippen molar-refractivity contribution >= 4 is 12.1 Å². The molecule has 116 valence electrons. The van der Waals surface area contributed by atoms with Crippen LogP contribution in [0.2, 0.25) is 0 Å². The molecular formula is C15H20FNO4. The molecule has 1 aromatic rings. The smallest absolute Gasteiger partial charge is 0.408 e. The van der Waals surface area contributed by atoms with E-state index in [9.17, 15) is 19.1 Å². The number of carboxylic acid groups (broad SMARTS) is 1. The van der Waals surface area contributed by atoms with Gasteiger partial charge in [-0.1, -0.05) is 6.07 Å². The average Bonchev–Trinajstić information content (AvgIpc) is 2.28. The summed E-state index contributed by atoms with van der Waals surface area (Å²) in [7, 11) is 0. The molecule has 0 fully saturated rings. The minimum atomic E-state index is -1.18. The molecule has 0 spiro atoms. The monoisotopic (exact) mass is 297 g/mol. The zero-order valence-electron chi connectivity index (χ0n) is 12.6. The molecule has 0 aliphatic carbocycles. The maximum Gasteiger partial charge on any atom is 0.408 e. The van der Waals surface area contributed by atoms with Gasteiger partial charge in [0, 0.05) is 6.42 Å². The Hall–Kier alpha value is -2.11. The lowest BCUT2D eigenvalue weighted by Gasteiger charge is -2.22. The van der Waals surface area contributed by atoms with Crippen LogP contribution in [-0.4, -0.2) is 28.8 Å². The van der Waals surface area contributed by atoms with Gasteiger partial charge < -0.3 is 15.2 Å². The molecule has 1 aromatic carbocycles. The normalized spacial score (nSPS) is 12.6. The van der Waals surface area contributed by atoms with Gasteiger partial charge in [-0.25, -0.2) is 14.0 Å². The molecule has 0 aliphatic heterocycles. The standard InChI is InChI=1S/C15H20FNO4/c1-9-7-11(16)6-5-10(9)8-12(13(18)19)17-14(20)21-15(2,3)4/h5-7,12H,8H2,1-4H3,(H,17,20)(H,18,19). The molecule has 2 N–H and O–H groups in total. The first-order chi connectivity index (χ1) is 9.58. The highest BCUT2D eigenvalue weighted by Crippen LogP contribution is 2.13. The summed E-state index contributed by atoms with van der Waals surface area (Å²) >= 11 is 0. The highest BCUT2D eigenvalue weighted by molar-refractivity contribution is 5.80. The second-order valence-electron chi connectivity index (χ2n) is 5.81. The Labute approximate surface area is 123 Å². The molecule has 1 atom stereocenters. The number of rotatable bonds is 4. The number of amides is 1. The Balaban J connectivity index is 2.79. The Morgan fingerprint density at radius 3 is 2.48 bits per heavy atom. The number of hydrogen-bond donors (Lipinski definition) is 2. The quantitative estimate of drug-likeness (QED) is 0.896. The average molecular weight is 297 g/mol. The van der Waals surface area contributed by atoms with E-state index in [4.69, 9.17) is 4.74 Å². The third-order valence-corrected chi connectivity index (χ3v) is 2.72. The zero-order valence-corrected chi connectivity index (χ0v) is 12.6. The van der Waals surface area contributed by atoms with Crippen molar-refractivity contribution in [2.24, 2.45) is 0 Å². The van der Waals surface area contributed by atoms with Crippen LogP contribution in [0.25, 0.3) is 0 Å². The van der Waals surface area contributed by atoms with Crippen molar-refractivity contribution in [3.8, 4) is 0 Å². The van der Waals surface area contributed by atoms with Crippen LogP contribution >= 0.6 is 0 Å². The van der Waals surface area contributed by atoms with Gasteiger partial charge in [-0.05, 0) is 51.0 Å². The van der Waals surface area contributed by atoms with E-state index >= 15 is 0 Å². The number of aliphatic carboxylic acids is 1. The van der Waals surface area contributed by atoms with Crippen LogP contribution in [0.3, 0.4) is 0 Å². The van der Waals surface area contributed by atoms with Gasteiger partial charge in [0.2, 0.25) is 0 Å². The third kappa shape index (κ3) is 5.81. The molecule has 1 amide bonds. The maximum atomic E-state index is 13.0. The van der Waals surface area contributed by atoms with Gasteiger partial charge in [-0.2, -0.15) is 0 Å². The Bertz CT molecular complexity index is 537. The minimum absolute atomic E-state index is 0.0562. The molecule has 0 aromatic heterocycles. The van der Waals surface area contributed by atoms with Crippen LogP contribution in [-0.2, 0) is 16.0 Å². The molecule has 0 aliphatic rings. The fourth-order valence-electron chi connectivity index (χ4n) is 1.76. The fourth-order valence-corrected chi connectivity index (χ4v) is 1.76. The van der Waals surface area contributed by atoms with E-state index < -0.39 is 23.7 Å². The van der Waals surface area contributed by atoms with Crippen LogP contribution in [0.5, 0.6) is 0 Å². The van der Waals surface area contributed by atoms with Crippen molar-refractivity contribution in [2.45, 2.75) is 45.8 Å². The lowest BCUT2D eigenvalue weighted by atomic mass is 10.0. The van der Waals surface area contributed by atoms with E-state index in [0.29, 0.717) is 11.1 Å². The summed E-state index contributed by atoms with van der Waals surface area (Å²) in [5, 5.41) is 11.5. The Kier molecular flexibility index (Phi) is 5.29. The van der Waals surface area contributed by atoms with Crippen molar-refractivity contribution in [3.63, 3.8) is 0 Å². The van der Waals surface area contributed by atoms with E-state index in [2.05, 4.69) is 5.32 Å². The van der Waals surface area contributed by atoms with Gasteiger partial charge in [0.05, 0.1) is 0 Å². The second-order valence-corrected chi connectivity index (χ2v) is 5.81. The summed E-state index contributed by atoms with van der Waals surface area (Å²) in [4.78, 5) is 22.9. The number of carboxylic acids is 1. The number of benzene rings is 1. The van der Waals surface area contributed by atoms with E-state index in [-0.39, 0.29) is 12.2 Å². The number of carbonyl (C=O) groups is 2. The Morgan fingerprint density at radius 2 is 2.00 bits per heavy atom. The largest absolute Gasteiger partial charge is 0.480 e. The van der Waals surface area contributed by atoms with Crippen LogP contribution < -0.4 is 5.32 Å². The van der Waals surface area contributed by atoms with Crippen LogP contribution in [0.1, 0.15) is 31.9 Å². The van der Waals surface area contributed by atoms with Crippen molar-refractivity contribution in [2.75, 3.05) is 0 Å². The second kappa shape index (κ2) is 6.56. The fraction of sp³-hybridized carbons (Fsp3) is 0.467. The van der Waals surface area contributed by atoms with E-state index in [1.807, 2.05) is 0 Å². The Morgan fingerprint density at radius 1 is 1.38 bits per heavy atom. The van der Waals surface area contributed by atoms with E-state index in [1.165, 1.54) is 18.2 Å². The predicted octanol–water partition coefficient (Wildman–Crippen LogP) is 2.65. The molecule has 0 heterocycles. The van der Waals surface area contributed by atoms with Gasteiger partial charge >= 0.3 is 12.1 Å². The number of hydrogen-bond acceptors (Lipinski definition) is 3. The van der Waals surface area contributed by atoms with Crippen LogP contribution in [0.4, 0.5) is 9.18 Å². The summed E-state index contributed by atoms with van der Waals surface area (Å²) < 4.78 is 18.1. The van der Waals surface area contributed by atoms with Crippen molar-refractivity contribution < 1.29 is 23.8 Å². The molecule has 0 radical (unpaired) electrons. The first kappa shape index (κ1) is 16.9. The van der Waals surface area contributed by atoms with Gasteiger partial charge in [0.1, 0.15) is 17.5 Å².